The van der Waals surface area contributed by atoms with Crippen molar-refractivity contribution in [2.75, 3.05) is 45.8 Å². The molecule has 0 aliphatic carbocycles. The van der Waals surface area contributed by atoms with Gasteiger partial charge in [0.2, 0.25) is 0 Å². The molecule has 0 radical (unpaired) electrons. The van der Waals surface area contributed by atoms with Gasteiger partial charge in [0.15, 0.2) is 0 Å². The Morgan fingerprint density at radius 2 is 2.04 bits per heavy atom. The van der Waals surface area contributed by atoms with Gasteiger partial charge < -0.3 is 24.6 Å². The van der Waals surface area contributed by atoms with Crippen molar-refractivity contribution < 1.29 is 19.1 Å². The molecular weight excluding hydrogens is 322 g/mol. The molecule has 2 rings (SSSR count). The van der Waals surface area contributed by atoms with Gasteiger partial charge in [-0.3, -0.25) is 4.79 Å². The molecule has 7 nitrogen and oxygen atoms in total. The van der Waals surface area contributed by atoms with E-state index in [1.54, 1.807) is 35.0 Å². The molecule has 7 heteroatoms. The Balaban J connectivity index is 2.18. The average molecular weight is 349 g/mol. The Labute approximate surface area is 148 Å². The average Bonchev–Trinajstić information content (AvgIpc) is 2.66. The van der Waals surface area contributed by atoms with Crippen molar-refractivity contribution in [1.82, 2.24) is 9.80 Å². The summed E-state index contributed by atoms with van der Waals surface area (Å²) in [5.41, 5.74) is 1.01. The van der Waals surface area contributed by atoms with E-state index in [4.69, 9.17) is 9.47 Å². The smallest absolute Gasteiger partial charge is 0.321 e. The standard InChI is InChI=1S/C18H27N3O4/c1-5-13(2)20(3)18(23)19-15-12-14(6-7-16(15)24-4)17(22)21-8-10-25-11-9-21/h6-7,12-13H,5,8-11H2,1-4H3,(H,19,23). The van der Waals surface area contributed by atoms with Gasteiger partial charge in [-0.1, -0.05) is 6.92 Å². The number of carbonyl (C=O) groups excluding carboxylic acids is 2. The fourth-order valence-electron chi connectivity index (χ4n) is 2.57. The lowest BCUT2D eigenvalue weighted by molar-refractivity contribution is 0.0303. The highest BCUT2D eigenvalue weighted by Gasteiger charge is 2.21. The zero-order chi connectivity index (χ0) is 18.4. The molecule has 1 saturated heterocycles. The lowest BCUT2D eigenvalue weighted by Crippen LogP contribution is -2.40. The summed E-state index contributed by atoms with van der Waals surface area (Å²) in [5, 5.41) is 2.84. The van der Waals surface area contributed by atoms with Crippen LogP contribution in [0.5, 0.6) is 5.75 Å². The summed E-state index contributed by atoms with van der Waals surface area (Å²) >= 11 is 0. The molecular formula is C18H27N3O4. The van der Waals surface area contributed by atoms with Crippen LogP contribution in [0, 0.1) is 0 Å². The number of methoxy groups -OCH3 is 1. The zero-order valence-corrected chi connectivity index (χ0v) is 15.4. The third-order valence-corrected chi connectivity index (χ3v) is 4.56. The van der Waals surface area contributed by atoms with Crippen LogP contribution in [0.3, 0.4) is 0 Å². The number of hydrogen-bond donors (Lipinski definition) is 1. The molecule has 25 heavy (non-hydrogen) atoms. The van der Waals surface area contributed by atoms with E-state index in [-0.39, 0.29) is 18.0 Å². The van der Waals surface area contributed by atoms with Crippen LogP contribution in [0.25, 0.3) is 0 Å². The van der Waals surface area contributed by atoms with Crippen LogP contribution in [0.2, 0.25) is 0 Å². The molecule has 1 fully saturated rings. The predicted molar refractivity (Wildman–Crippen MR) is 96.3 cm³/mol. The second-order valence-electron chi connectivity index (χ2n) is 6.12. The second kappa shape index (κ2) is 8.71. The summed E-state index contributed by atoms with van der Waals surface area (Å²) in [4.78, 5) is 28.4. The topological polar surface area (TPSA) is 71.1 Å². The number of carbonyl (C=O) groups is 2. The summed E-state index contributed by atoms with van der Waals surface area (Å²) in [5.74, 6) is 0.446. The van der Waals surface area contributed by atoms with Crippen molar-refractivity contribution in [3.63, 3.8) is 0 Å². The van der Waals surface area contributed by atoms with Crippen molar-refractivity contribution in [2.24, 2.45) is 0 Å². The fourth-order valence-corrected chi connectivity index (χ4v) is 2.57. The summed E-state index contributed by atoms with van der Waals surface area (Å²) in [6, 6.07) is 4.96. The highest BCUT2D eigenvalue weighted by Crippen LogP contribution is 2.27. The number of nitrogens with one attached hydrogen (secondary N) is 1. The van der Waals surface area contributed by atoms with Crippen LogP contribution >= 0.6 is 0 Å². The maximum atomic E-state index is 12.6. The molecule has 1 atom stereocenters. The maximum absolute atomic E-state index is 12.6. The highest BCUT2D eigenvalue weighted by atomic mass is 16.5. The van der Waals surface area contributed by atoms with Gasteiger partial charge >= 0.3 is 6.03 Å². The van der Waals surface area contributed by atoms with Crippen LogP contribution in [0.4, 0.5) is 10.5 Å². The highest BCUT2D eigenvalue weighted by molar-refractivity contribution is 5.98. The molecule has 1 unspecified atom stereocenters. The molecule has 1 N–H and O–H groups in total. The van der Waals surface area contributed by atoms with Gasteiger partial charge in [-0.25, -0.2) is 4.79 Å². The molecule has 1 aliphatic heterocycles. The number of urea groups is 1. The van der Waals surface area contributed by atoms with E-state index in [1.165, 1.54) is 7.11 Å². The minimum Gasteiger partial charge on any atom is -0.495 e. The van der Waals surface area contributed by atoms with Crippen molar-refractivity contribution in [1.29, 1.82) is 0 Å². The molecule has 1 aromatic rings. The molecule has 1 heterocycles. The molecule has 1 aliphatic rings. The molecule has 138 valence electrons. The Kier molecular flexibility index (Phi) is 6.64. The fraction of sp³-hybridized carbons (Fsp3) is 0.556. The number of ether oxygens (including phenoxy) is 2. The predicted octanol–water partition coefficient (Wildman–Crippen LogP) is 2.43. The van der Waals surface area contributed by atoms with Crippen LogP contribution in [0.1, 0.15) is 30.6 Å². The Bertz CT molecular complexity index is 614. The Morgan fingerprint density at radius 1 is 1.36 bits per heavy atom. The van der Waals surface area contributed by atoms with Gasteiger partial charge in [-0.2, -0.15) is 0 Å². The third-order valence-electron chi connectivity index (χ3n) is 4.56. The van der Waals surface area contributed by atoms with Crippen LogP contribution in [0.15, 0.2) is 18.2 Å². The number of benzene rings is 1. The number of hydrogen-bond acceptors (Lipinski definition) is 4. The first-order valence-corrected chi connectivity index (χ1v) is 8.56. The summed E-state index contributed by atoms with van der Waals surface area (Å²) in [6.45, 7) is 6.24. The Hall–Kier alpha value is -2.28. The van der Waals surface area contributed by atoms with E-state index in [2.05, 4.69) is 5.32 Å². The SMILES string of the molecule is CCC(C)N(C)C(=O)Nc1cc(C(=O)N2CCOCC2)ccc1OC. The largest absolute Gasteiger partial charge is 0.495 e. The van der Waals surface area contributed by atoms with Gasteiger partial charge in [0.25, 0.3) is 5.91 Å². The van der Waals surface area contributed by atoms with Gasteiger partial charge in [0.05, 0.1) is 26.0 Å². The Morgan fingerprint density at radius 3 is 2.64 bits per heavy atom. The van der Waals surface area contributed by atoms with Crippen molar-refractivity contribution >= 4 is 17.6 Å². The van der Waals surface area contributed by atoms with Gasteiger partial charge in [0, 0.05) is 31.7 Å². The zero-order valence-electron chi connectivity index (χ0n) is 15.4. The second-order valence-corrected chi connectivity index (χ2v) is 6.12. The minimum absolute atomic E-state index is 0.0725. The van der Waals surface area contributed by atoms with Crippen molar-refractivity contribution in [3.8, 4) is 5.75 Å². The van der Waals surface area contributed by atoms with E-state index in [0.717, 1.165) is 6.42 Å². The van der Waals surface area contributed by atoms with Crippen LogP contribution in [-0.2, 0) is 4.74 Å². The van der Waals surface area contributed by atoms with Crippen molar-refractivity contribution in [3.05, 3.63) is 23.8 Å². The maximum Gasteiger partial charge on any atom is 0.321 e. The minimum atomic E-state index is -0.233. The quantitative estimate of drug-likeness (QED) is 0.886. The number of amides is 3. The number of nitrogens with zero attached hydrogens (tertiary/aromatic N) is 2. The van der Waals surface area contributed by atoms with Crippen LogP contribution < -0.4 is 10.1 Å². The monoisotopic (exact) mass is 349 g/mol. The number of rotatable bonds is 5. The first-order chi connectivity index (χ1) is 12.0. The van der Waals surface area contributed by atoms with Crippen molar-refractivity contribution in [2.45, 2.75) is 26.3 Å². The van der Waals surface area contributed by atoms with E-state index in [1.807, 2.05) is 13.8 Å². The van der Waals surface area contributed by atoms with Gasteiger partial charge in [0.1, 0.15) is 5.75 Å². The molecule has 0 bridgehead atoms. The lowest BCUT2D eigenvalue weighted by Gasteiger charge is -2.27. The molecule has 0 saturated carbocycles. The summed E-state index contributed by atoms with van der Waals surface area (Å²) < 4.78 is 10.6. The first kappa shape index (κ1) is 19.1. The molecule has 0 spiro atoms. The van der Waals surface area contributed by atoms with E-state index >= 15 is 0 Å². The van der Waals surface area contributed by atoms with Gasteiger partial charge in [-0.05, 0) is 31.5 Å². The number of morpholine rings is 1. The number of anilines is 1. The van der Waals surface area contributed by atoms with Gasteiger partial charge in [-0.15, -0.1) is 0 Å². The van der Waals surface area contributed by atoms with E-state index < -0.39 is 0 Å². The molecule has 1 aromatic carbocycles. The molecule has 0 aromatic heterocycles. The first-order valence-electron chi connectivity index (χ1n) is 8.56. The third kappa shape index (κ3) is 4.63. The van der Waals surface area contributed by atoms with Crippen LogP contribution in [-0.4, -0.2) is 68.2 Å². The van der Waals surface area contributed by atoms with E-state index in [0.29, 0.717) is 43.3 Å². The lowest BCUT2D eigenvalue weighted by atomic mass is 10.1. The summed E-state index contributed by atoms with van der Waals surface area (Å²) in [7, 11) is 3.28. The molecule has 3 amide bonds. The van der Waals surface area contributed by atoms with E-state index in [9.17, 15) is 9.59 Å². The summed E-state index contributed by atoms with van der Waals surface area (Å²) in [6.07, 6.45) is 0.858. The normalized spacial score (nSPS) is 15.4.